The molecule has 2 aromatic heterocycles. The van der Waals surface area contributed by atoms with Gasteiger partial charge >= 0.3 is 0 Å². The molecule has 4 aromatic rings. The molecule has 3 nitrogen and oxygen atoms in total. The minimum absolute atomic E-state index is 0.175. The number of nitrogens with one attached hydrogen (secondary N) is 1. The molecule has 33 heavy (non-hydrogen) atoms. The minimum atomic E-state index is 0.175. The van der Waals surface area contributed by atoms with Gasteiger partial charge in [0.05, 0.1) is 0 Å². The molecule has 0 amide bonds. The van der Waals surface area contributed by atoms with Gasteiger partial charge in [-0.2, -0.15) is 0 Å². The number of hydrogen-bond acceptors (Lipinski definition) is 2. The number of H-pyrrole nitrogens is 1. The second kappa shape index (κ2) is 9.36. The average molecular weight is 436 g/mol. The molecule has 0 saturated heterocycles. The minimum Gasteiger partial charge on any atom is -0.355 e. The topological polar surface area (TPSA) is 31.9 Å². The van der Waals surface area contributed by atoms with E-state index in [-0.39, 0.29) is 5.54 Å². The van der Waals surface area contributed by atoms with Crippen LogP contribution in [0.3, 0.4) is 0 Å². The number of aromatic amines is 1. The van der Waals surface area contributed by atoms with Gasteiger partial charge in [0.1, 0.15) is 0 Å². The molecular formula is C30H33N3. The van der Waals surface area contributed by atoms with Gasteiger partial charge in [-0.05, 0) is 93.1 Å². The smallest absolute Gasteiger partial charge is 0.0461 e. The van der Waals surface area contributed by atoms with Gasteiger partial charge in [-0.15, -0.1) is 0 Å². The van der Waals surface area contributed by atoms with Crippen LogP contribution < -0.4 is 0 Å². The van der Waals surface area contributed by atoms with Crippen molar-refractivity contribution in [3.63, 3.8) is 0 Å². The lowest BCUT2D eigenvalue weighted by Crippen LogP contribution is -2.47. The summed E-state index contributed by atoms with van der Waals surface area (Å²) in [4.78, 5) is 10.4. The summed E-state index contributed by atoms with van der Waals surface area (Å²) in [6.07, 6.45) is 12.8. The fraction of sp³-hybridized carbons (Fsp3) is 0.300. The number of pyridine rings is 1. The number of nitrogens with zero attached hydrogens (tertiary/aromatic N) is 2. The third-order valence-electron chi connectivity index (χ3n) is 7.46. The number of rotatable bonds is 7. The molecule has 168 valence electrons. The fourth-order valence-corrected chi connectivity index (χ4v) is 5.36. The average Bonchev–Trinajstić information content (AvgIpc) is 3.23. The van der Waals surface area contributed by atoms with E-state index < -0.39 is 0 Å². The third-order valence-corrected chi connectivity index (χ3v) is 7.46. The van der Waals surface area contributed by atoms with Crippen LogP contribution in [0.4, 0.5) is 0 Å². The predicted molar refractivity (Wildman–Crippen MR) is 138 cm³/mol. The number of allylic oxidation sites excluding steroid dienone is 1. The van der Waals surface area contributed by atoms with Crippen molar-refractivity contribution >= 4 is 16.5 Å². The molecule has 0 spiro atoms. The highest BCUT2D eigenvalue weighted by Gasteiger charge is 2.35. The summed E-state index contributed by atoms with van der Waals surface area (Å²) >= 11 is 0. The van der Waals surface area contributed by atoms with Crippen LogP contribution in [-0.4, -0.2) is 34.5 Å². The first-order valence-electron chi connectivity index (χ1n) is 12.0. The summed E-state index contributed by atoms with van der Waals surface area (Å²) in [6.45, 7) is 0. The van der Waals surface area contributed by atoms with Gasteiger partial charge < -0.3 is 9.88 Å². The number of likely N-dealkylation sites (N-methyl/N-ethyl adjacent to an activating group) is 1. The van der Waals surface area contributed by atoms with E-state index in [1.807, 2.05) is 12.4 Å². The van der Waals surface area contributed by atoms with Crippen LogP contribution in [0.15, 0.2) is 85.2 Å². The summed E-state index contributed by atoms with van der Waals surface area (Å²) in [7, 11) is 4.48. The van der Waals surface area contributed by atoms with E-state index in [0.717, 1.165) is 32.1 Å². The van der Waals surface area contributed by atoms with Crippen molar-refractivity contribution in [2.75, 3.05) is 14.1 Å². The lowest BCUT2D eigenvalue weighted by Gasteiger charge is -2.42. The van der Waals surface area contributed by atoms with E-state index in [0.29, 0.717) is 0 Å². The second-order valence-electron chi connectivity index (χ2n) is 9.59. The SMILES string of the molecule is CN(C)C1(Cc2ccccc2)CC=C(c2[nH]c3ccccc3c2CCc2ccncc2)CC1. The molecular weight excluding hydrogens is 402 g/mol. The predicted octanol–water partition coefficient (Wildman–Crippen LogP) is 6.46. The maximum atomic E-state index is 4.17. The van der Waals surface area contributed by atoms with E-state index in [1.165, 1.54) is 45.3 Å². The summed E-state index contributed by atoms with van der Waals surface area (Å²) in [5.41, 5.74) is 8.45. The van der Waals surface area contributed by atoms with Crippen molar-refractivity contribution in [1.82, 2.24) is 14.9 Å². The van der Waals surface area contributed by atoms with Gasteiger partial charge in [-0.1, -0.05) is 54.6 Å². The highest BCUT2D eigenvalue weighted by molar-refractivity contribution is 5.89. The van der Waals surface area contributed by atoms with E-state index in [1.54, 1.807) is 0 Å². The highest BCUT2D eigenvalue weighted by atomic mass is 15.1. The molecule has 3 heteroatoms. The molecule has 0 saturated carbocycles. The monoisotopic (exact) mass is 435 g/mol. The van der Waals surface area contributed by atoms with E-state index in [2.05, 4.69) is 102 Å². The van der Waals surface area contributed by atoms with Crippen LogP contribution in [0.5, 0.6) is 0 Å². The van der Waals surface area contributed by atoms with Crippen molar-refractivity contribution in [2.45, 2.75) is 44.1 Å². The zero-order valence-corrected chi connectivity index (χ0v) is 19.7. The number of benzene rings is 2. The lowest BCUT2D eigenvalue weighted by molar-refractivity contribution is 0.138. The van der Waals surface area contributed by atoms with Crippen molar-refractivity contribution < 1.29 is 0 Å². The van der Waals surface area contributed by atoms with Crippen molar-refractivity contribution in [2.24, 2.45) is 0 Å². The molecule has 1 N–H and O–H groups in total. The summed E-state index contributed by atoms with van der Waals surface area (Å²) in [5.74, 6) is 0. The van der Waals surface area contributed by atoms with Crippen molar-refractivity contribution in [3.8, 4) is 0 Å². The molecule has 0 aliphatic heterocycles. The zero-order valence-electron chi connectivity index (χ0n) is 19.7. The van der Waals surface area contributed by atoms with E-state index >= 15 is 0 Å². The van der Waals surface area contributed by atoms with Crippen LogP contribution in [0.2, 0.25) is 0 Å². The van der Waals surface area contributed by atoms with Gasteiger partial charge in [0.25, 0.3) is 0 Å². The summed E-state index contributed by atoms with van der Waals surface area (Å²) < 4.78 is 0. The molecule has 0 fully saturated rings. The number of hydrogen-bond donors (Lipinski definition) is 1. The first kappa shape index (κ1) is 21.7. The maximum Gasteiger partial charge on any atom is 0.0461 e. The third kappa shape index (κ3) is 4.51. The molecule has 2 aromatic carbocycles. The first-order valence-corrected chi connectivity index (χ1v) is 12.0. The van der Waals surface area contributed by atoms with Gasteiger partial charge in [0, 0.05) is 34.5 Å². The van der Waals surface area contributed by atoms with Crippen LogP contribution >= 0.6 is 0 Å². The quantitative estimate of drug-likeness (QED) is 0.361. The molecule has 1 unspecified atom stereocenters. The Kier molecular flexibility index (Phi) is 6.15. The van der Waals surface area contributed by atoms with E-state index in [9.17, 15) is 0 Å². The Labute approximate surface area is 197 Å². The number of para-hydroxylation sites is 1. The van der Waals surface area contributed by atoms with E-state index in [4.69, 9.17) is 0 Å². The van der Waals surface area contributed by atoms with Crippen LogP contribution in [0.1, 0.15) is 41.6 Å². The molecule has 0 radical (unpaired) electrons. The Morgan fingerprint density at radius 3 is 2.36 bits per heavy atom. The van der Waals surface area contributed by atoms with Crippen molar-refractivity contribution in [1.29, 1.82) is 0 Å². The molecule has 5 rings (SSSR count). The van der Waals surface area contributed by atoms with Gasteiger partial charge in [0.15, 0.2) is 0 Å². The van der Waals surface area contributed by atoms with Gasteiger partial charge in [-0.25, -0.2) is 0 Å². The first-order chi connectivity index (χ1) is 16.1. The molecule has 1 aliphatic rings. The Morgan fingerprint density at radius 2 is 1.64 bits per heavy atom. The Hall–Kier alpha value is -3.17. The fourth-order valence-electron chi connectivity index (χ4n) is 5.36. The van der Waals surface area contributed by atoms with Gasteiger partial charge in [-0.3, -0.25) is 4.98 Å². The van der Waals surface area contributed by atoms with Crippen LogP contribution in [0, 0.1) is 0 Å². The number of aromatic nitrogens is 2. The largest absolute Gasteiger partial charge is 0.355 e. The second-order valence-corrected chi connectivity index (χ2v) is 9.59. The normalized spacial score (nSPS) is 18.6. The van der Waals surface area contributed by atoms with Crippen LogP contribution in [0.25, 0.3) is 16.5 Å². The zero-order chi connectivity index (χ0) is 22.7. The molecule has 0 bridgehead atoms. The Morgan fingerprint density at radius 1 is 0.879 bits per heavy atom. The highest BCUT2D eigenvalue weighted by Crippen LogP contribution is 2.40. The van der Waals surface area contributed by atoms with Crippen molar-refractivity contribution in [3.05, 3.63) is 108 Å². The number of aryl methyl sites for hydroxylation is 2. The maximum absolute atomic E-state index is 4.17. The Bertz CT molecular complexity index is 1240. The standard InChI is InChI=1S/C30H33N3/c1-33(2)30(22-24-8-4-3-5-9-24)18-14-25(15-19-30)29-27(13-12-23-16-20-31-21-17-23)26-10-6-7-11-28(26)32-29/h3-11,14,16-17,20-21,32H,12-13,15,18-19,22H2,1-2H3. The number of fused-ring (bicyclic) bond motifs is 1. The summed E-state index contributed by atoms with van der Waals surface area (Å²) in [6, 6.07) is 24.0. The van der Waals surface area contributed by atoms with Gasteiger partial charge in [0.2, 0.25) is 0 Å². The lowest BCUT2D eigenvalue weighted by atomic mass is 9.76. The Balaban J connectivity index is 1.45. The summed E-state index contributed by atoms with van der Waals surface area (Å²) in [5, 5.41) is 1.36. The molecule has 1 aliphatic carbocycles. The molecule has 1 atom stereocenters. The van der Waals surface area contributed by atoms with Crippen LogP contribution in [-0.2, 0) is 19.3 Å². The molecule has 2 heterocycles.